The highest BCUT2D eigenvalue weighted by atomic mass is 31.2. The SMILES string of the molecule is CCCCC/C=C\C/C=C\C/C=C\C/C=C\CCCC(=O)NC(COP(=O)(O)OCC[N+](C)(C)C)C(/C=C/CCCCCCCCCCCC)OC(=O)CCCCCCCC/C=C\C/C=C\C/C=C\CCCCC. The maximum atomic E-state index is 13.5. The van der Waals surface area contributed by atoms with Gasteiger partial charge in [0.2, 0.25) is 5.91 Å². The van der Waals surface area contributed by atoms with Crippen LogP contribution < -0.4 is 5.32 Å². The van der Waals surface area contributed by atoms with E-state index in [1.807, 2.05) is 33.3 Å². The van der Waals surface area contributed by atoms with Gasteiger partial charge in [-0.05, 0) is 109 Å². The van der Waals surface area contributed by atoms with Gasteiger partial charge in [0.1, 0.15) is 19.3 Å². The fourth-order valence-corrected chi connectivity index (χ4v) is 8.79. The standard InChI is InChI=1S/C64H113N2O7P/c1-7-10-13-16-19-22-25-28-30-32-33-35-37-39-42-45-48-51-54-57-64(68)73-62(55-52-49-46-43-40-27-24-21-18-15-12-9-3)61(60-72-74(69,70)71-59-58-66(4,5)6)65-63(67)56-53-50-47-44-41-38-36-34-31-29-26-23-20-17-14-11-8-2/h19-20,22-23,28-31,33,35-36,38,44,47,52,55,61-62H,7-18,21,24-27,32,34,37,39-43,45-46,48-51,53-54,56-60H2,1-6H3,(H-,65,67,69,70)/p+1/b22-19-,23-20-,30-28-,31-29-,35-33-,38-36-,47-44-,55-52+. The topological polar surface area (TPSA) is 111 Å². The average Bonchev–Trinajstić information content (AvgIpc) is 3.36. The minimum atomic E-state index is -4.47. The molecule has 3 atom stereocenters. The third-order valence-corrected chi connectivity index (χ3v) is 13.7. The van der Waals surface area contributed by atoms with E-state index in [2.05, 4.69) is 111 Å². The first-order valence-corrected chi connectivity index (χ1v) is 31.6. The van der Waals surface area contributed by atoms with Crippen LogP contribution >= 0.6 is 7.82 Å². The number of phosphoric ester groups is 1. The number of hydrogen-bond acceptors (Lipinski definition) is 6. The molecule has 0 aromatic heterocycles. The second-order valence-corrected chi connectivity index (χ2v) is 22.6. The second-order valence-electron chi connectivity index (χ2n) is 21.2. The number of hydrogen-bond donors (Lipinski definition) is 2. The van der Waals surface area contributed by atoms with Crippen molar-refractivity contribution >= 4 is 19.7 Å². The van der Waals surface area contributed by atoms with Crippen LogP contribution in [-0.2, 0) is 27.9 Å². The minimum Gasteiger partial charge on any atom is -0.456 e. The molecule has 1 amide bonds. The highest BCUT2D eigenvalue weighted by Crippen LogP contribution is 2.43. The predicted molar refractivity (Wildman–Crippen MR) is 318 cm³/mol. The van der Waals surface area contributed by atoms with E-state index in [0.29, 0.717) is 23.9 Å². The molecule has 0 radical (unpaired) electrons. The lowest BCUT2D eigenvalue weighted by Crippen LogP contribution is -2.47. The lowest BCUT2D eigenvalue weighted by molar-refractivity contribution is -0.870. The molecule has 0 bridgehead atoms. The Morgan fingerprint density at radius 2 is 0.838 bits per heavy atom. The summed E-state index contributed by atoms with van der Waals surface area (Å²) in [6.07, 6.45) is 71.2. The fourth-order valence-electron chi connectivity index (χ4n) is 8.06. The third-order valence-electron chi connectivity index (χ3n) is 12.7. The van der Waals surface area contributed by atoms with Crippen LogP contribution in [0.2, 0.25) is 0 Å². The highest BCUT2D eigenvalue weighted by molar-refractivity contribution is 7.47. The molecule has 74 heavy (non-hydrogen) atoms. The van der Waals surface area contributed by atoms with Gasteiger partial charge in [0.05, 0.1) is 33.8 Å². The Balaban J connectivity index is 5.42. The summed E-state index contributed by atoms with van der Waals surface area (Å²) in [5.74, 6) is -0.590. The smallest absolute Gasteiger partial charge is 0.456 e. The summed E-state index contributed by atoms with van der Waals surface area (Å²) >= 11 is 0. The molecule has 0 saturated heterocycles. The van der Waals surface area contributed by atoms with Crippen LogP contribution in [0, 0.1) is 0 Å². The van der Waals surface area contributed by atoms with Gasteiger partial charge >= 0.3 is 13.8 Å². The molecule has 0 heterocycles. The Hall–Kier alpha value is -3.07. The summed E-state index contributed by atoms with van der Waals surface area (Å²) in [7, 11) is 1.44. The minimum absolute atomic E-state index is 0.0234. The molecular formula is C64H114N2O7P+. The summed E-state index contributed by atoms with van der Waals surface area (Å²) in [5, 5.41) is 3.01. The Bertz CT molecular complexity index is 1590. The summed E-state index contributed by atoms with van der Waals surface area (Å²) in [6, 6.07) is -0.887. The van der Waals surface area contributed by atoms with Crippen molar-refractivity contribution in [2.75, 3.05) is 40.9 Å². The van der Waals surface area contributed by atoms with Crippen molar-refractivity contribution in [2.24, 2.45) is 0 Å². The van der Waals surface area contributed by atoms with Crippen molar-refractivity contribution < 1.29 is 37.3 Å². The molecule has 0 aliphatic heterocycles. The third kappa shape index (κ3) is 53.7. The van der Waals surface area contributed by atoms with Crippen LogP contribution in [0.3, 0.4) is 0 Å². The Labute approximate surface area is 456 Å². The van der Waals surface area contributed by atoms with E-state index >= 15 is 0 Å². The number of ether oxygens (including phenoxy) is 1. The largest absolute Gasteiger partial charge is 0.472 e. The van der Waals surface area contributed by atoms with Gasteiger partial charge in [-0.2, -0.15) is 0 Å². The molecule has 0 aliphatic rings. The van der Waals surface area contributed by atoms with E-state index < -0.39 is 20.0 Å². The van der Waals surface area contributed by atoms with Gasteiger partial charge in [-0.3, -0.25) is 18.6 Å². The zero-order valence-corrected chi connectivity index (χ0v) is 49.4. The molecule has 0 aliphatic carbocycles. The van der Waals surface area contributed by atoms with E-state index in [9.17, 15) is 19.0 Å². The van der Waals surface area contributed by atoms with Gasteiger partial charge in [0.15, 0.2) is 0 Å². The van der Waals surface area contributed by atoms with E-state index in [1.54, 1.807) is 0 Å². The van der Waals surface area contributed by atoms with E-state index in [1.165, 1.54) is 103 Å². The van der Waals surface area contributed by atoms with Crippen molar-refractivity contribution in [3.63, 3.8) is 0 Å². The number of rotatable bonds is 53. The van der Waals surface area contributed by atoms with Gasteiger partial charge in [-0.1, -0.05) is 221 Å². The number of likely N-dealkylation sites (N-methyl/N-ethyl adjacent to an activating group) is 1. The molecule has 0 fully saturated rings. The monoisotopic (exact) mass is 1050 g/mol. The zero-order chi connectivity index (χ0) is 54.3. The molecule has 426 valence electrons. The molecule has 0 aromatic rings. The lowest BCUT2D eigenvalue weighted by Gasteiger charge is -2.27. The summed E-state index contributed by atoms with van der Waals surface area (Å²) < 4.78 is 30.6. The van der Waals surface area contributed by atoms with Crippen molar-refractivity contribution in [3.05, 3.63) is 97.2 Å². The highest BCUT2D eigenvalue weighted by Gasteiger charge is 2.30. The molecule has 2 N–H and O–H groups in total. The Morgan fingerprint density at radius 3 is 1.28 bits per heavy atom. The summed E-state index contributed by atoms with van der Waals surface area (Å²) in [5.41, 5.74) is 0. The number of allylic oxidation sites excluding steroid dienone is 15. The average molecular weight is 1050 g/mol. The summed E-state index contributed by atoms with van der Waals surface area (Å²) in [6.45, 7) is 6.89. The number of quaternary nitrogens is 1. The van der Waals surface area contributed by atoms with E-state index in [-0.39, 0.29) is 37.9 Å². The van der Waals surface area contributed by atoms with Crippen molar-refractivity contribution in [1.82, 2.24) is 5.32 Å². The van der Waals surface area contributed by atoms with Crippen molar-refractivity contribution in [2.45, 2.75) is 258 Å². The van der Waals surface area contributed by atoms with Crippen LogP contribution in [0.1, 0.15) is 245 Å². The van der Waals surface area contributed by atoms with Gasteiger partial charge in [0, 0.05) is 12.8 Å². The molecule has 0 saturated carbocycles. The number of amides is 1. The van der Waals surface area contributed by atoms with Crippen LogP contribution in [0.5, 0.6) is 0 Å². The van der Waals surface area contributed by atoms with Gasteiger partial charge in [-0.15, -0.1) is 0 Å². The van der Waals surface area contributed by atoms with Crippen LogP contribution in [0.25, 0.3) is 0 Å². The van der Waals surface area contributed by atoms with Crippen LogP contribution in [0.4, 0.5) is 0 Å². The number of unbranched alkanes of at least 4 members (excludes halogenated alkanes) is 23. The number of carbonyl (C=O) groups is 2. The molecule has 3 unspecified atom stereocenters. The quantitative estimate of drug-likeness (QED) is 0.0205. The Morgan fingerprint density at radius 1 is 0.473 bits per heavy atom. The van der Waals surface area contributed by atoms with Crippen molar-refractivity contribution in [1.29, 1.82) is 0 Å². The van der Waals surface area contributed by atoms with Gasteiger partial charge in [-0.25, -0.2) is 4.57 Å². The maximum Gasteiger partial charge on any atom is 0.472 e. The van der Waals surface area contributed by atoms with Crippen molar-refractivity contribution in [3.8, 4) is 0 Å². The van der Waals surface area contributed by atoms with Gasteiger partial charge < -0.3 is 19.4 Å². The van der Waals surface area contributed by atoms with E-state index in [0.717, 1.165) is 96.3 Å². The summed E-state index contributed by atoms with van der Waals surface area (Å²) in [4.78, 5) is 37.6. The molecule has 9 nitrogen and oxygen atoms in total. The first-order chi connectivity index (χ1) is 35.9. The number of nitrogens with one attached hydrogen (secondary N) is 1. The lowest BCUT2D eigenvalue weighted by atomic mass is 10.1. The zero-order valence-electron chi connectivity index (χ0n) is 48.6. The maximum absolute atomic E-state index is 13.5. The normalized spacial score (nSPS) is 14.4. The predicted octanol–water partition coefficient (Wildman–Crippen LogP) is 18.4. The number of phosphoric acid groups is 1. The Kier molecular flexibility index (Phi) is 51.1. The molecule has 0 rings (SSSR count). The molecular weight excluding hydrogens is 940 g/mol. The van der Waals surface area contributed by atoms with Crippen LogP contribution in [0.15, 0.2) is 97.2 Å². The number of nitrogens with zero attached hydrogens (tertiary/aromatic N) is 1. The molecule has 0 spiro atoms. The van der Waals surface area contributed by atoms with E-state index in [4.69, 9.17) is 13.8 Å². The second kappa shape index (κ2) is 53.3. The number of carbonyl (C=O) groups excluding carboxylic acids is 2. The first kappa shape index (κ1) is 70.9. The molecule has 0 aromatic carbocycles. The van der Waals surface area contributed by atoms with Gasteiger partial charge in [0.25, 0.3) is 0 Å². The van der Waals surface area contributed by atoms with Crippen LogP contribution in [-0.4, -0.2) is 74.3 Å². The number of esters is 1. The first-order valence-electron chi connectivity index (χ1n) is 30.1. The molecule has 10 heteroatoms. The fraction of sp³-hybridized carbons (Fsp3) is 0.719.